The number of carbonyl (C=O) groups excluding carboxylic acids is 1. The van der Waals surface area contributed by atoms with Crippen molar-refractivity contribution in [1.29, 1.82) is 0 Å². The van der Waals surface area contributed by atoms with Crippen LogP contribution in [-0.2, 0) is 4.79 Å². The fraction of sp³-hybridized carbons (Fsp3) is 0.286. The normalized spacial score (nSPS) is 10.7. The average Bonchev–Trinajstić information content (AvgIpc) is 3.11. The average molecular weight is 381 g/mol. The number of benzene rings is 2. The van der Waals surface area contributed by atoms with Crippen molar-refractivity contribution in [3.63, 3.8) is 0 Å². The van der Waals surface area contributed by atoms with Gasteiger partial charge in [0.2, 0.25) is 5.91 Å². The number of aromatic nitrogens is 3. The van der Waals surface area contributed by atoms with Gasteiger partial charge in [-0.3, -0.25) is 9.36 Å². The van der Waals surface area contributed by atoms with Gasteiger partial charge < -0.3 is 5.32 Å². The predicted octanol–water partition coefficient (Wildman–Crippen LogP) is 4.25. The Morgan fingerprint density at radius 2 is 1.93 bits per heavy atom. The van der Waals surface area contributed by atoms with Crippen molar-refractivity contribution in [3.05, 3.63) is 60.2 Å². The molecule has 27 heavy (non-hydrogen) atoms. The summed E-state index contributed by atoms with van der Waals surface area (Å²) in [5.74, 6) is 1.12. The van der Waals surface area contributed by atoms with E-state index < -0.39 is 0 Å². The van der Waals surface area contributed by atoms with Crippen LogP contribution in [0.4, 0.5) is 0 Å². The Morgan fingerprint density at radius 1 is 1.11 bits per heavy atom. The molecule has 2 aromatic carbocycles. The van der Waals surface area contributed by atoms with Crippen molar-refractivity contribution in [1.82, 2.24) is 20.1 Å². The van der Waals surface area contributed by atoms with Gasteiger partial charge in [0.25, 0.3) is 0 Å². The number of nitrogens with zero attached hydrogens (tertiary/aromatic N) is 3. The first-order valence-electron chi connectivity index (χ1n) is 9.16. The molecule has 140 valence electrons. The lowest BCUT2D eigenvalue weighted by atomic mass is 10.2. The summed E-state index contributed by atoms with van der Waals surface area (Å²) in [7, 11) is 0. The number of carbonyl (C=O) groups is 1. The van der Waals surface area contributed by atoms with E-state index in [2.05, 4.69) is 41.5 Å². The highest BCUT2D eigenvalue weighted by Crippen LogP contribution is 2.28. The first kappa shape index (κ1) is 19.2. The summed E-state index contributed by atoms with van der Waals surface area (Å²) in [6, 6.07) is 18.2. The lowest BCUT2D eigenvalue weighted by Crippen LogP contribution is -2.26. The Kier molecular flexibility index (Phi) is 6.65. The van der Waals surface area contributed by atoms with Crippen LogP contribution in [0.5, 0.6) is 0 Å². The number of unbranched alkanes of at least 4 members (excludes halogenated alkanes) is 1. The standard InChI is InChI=1S/C21H24N4OS/c1-3-4-13-22-19(26)15-27-21-24-23-20(17-10-6-5-7-11-17)25(21)18-12-8-9-16(2)14-18/h5-12,14H,3-4,13,15H2,1-2H3,(H,22,26). The molecular formula is C21H24N4OS. The third kappa shape index (κ3) is 4.98. The van der Waals surface area contributed by atoms with E-state index in [1.54, 1.807) is 0 Å². The molecule has 0 saturated heterocycles. The first-order chi connectivity index (χ1) is 13.2. The minimum absolute atomic E-state index is 0.0218. The van der Waals surface area contributed by atoms with Crippen LogP contribution in [0.25, 0.3) is 17.1 Å². The highest BCUT2D eigenvalue weighted by atomic mass is 32.2. The molecule has 0 atom stereocenters. The van der Waals surface area contributed by atoms with Crippen LogP contribution in [0.15, 0.2) is 59.8 Å². The number of nitrogens with one attached hydrogen (secondary N) is 1. The molecule has 0 radical (unpaired) electrons. The first-order valence-corrected chi connectivity index (χ1v) is 10.1. The molecule has 0 saturated carbocycles. The van der Waals surface area contributed by atoms with E-state index in [4.69, 9.17) is 0 Å². The molecule has 0 fully saturated rings. The molecule has 6 heteroatoms. The van der Waals surface area contributed by atoms with Crippen molar-refractivity contribution in [3.8, 4) is 17.1 Å². The summed E-state index contributed by atoms with van der Waals surface area (Å²) >= 11 is 1.41. The highest BCUT2D eigenvalue weighted by molar-refractivity contribution is 7.99. The topological polar surface area (TPSA) is 59.8 Å². The smallest absolute Gasteiger partial charge is 0.230 e. The van der Waals surface area contributed by atoms with E-state index in [-0.39, 0.29) is 5.91 Å². The Balaban J connectivity index is 1.88. The fourth-order valence-electron chi connectivity index (χ4n) is 2.72. The van der Waals surface area contributed by atoms with Crippen LogP contribution in [0, 0.1) is 6.92 Å². The van der Waals surface area contributed by atoms with Gasteiger partial charge in [0.1, 0.15) is 0 Å². The van der Waals surface area contributed by atoms with Crippen LogP contribution in [-0.4, -0.2) is 33.0 Å². The molecular weight excluding hydrogens is 356 g/mol. The molecule has 0 unspecified atom stereocenters. The molecule has 0 spiro atoms. The Bertz CT molecular complexity index is 892. The Morgan fingerprint density at radius 3 is 2.67 bits per heavy atom. The van der Waals surface area contributed by atoms with Gasteiger partial charge >= 0.3 is 0 Å². The molecule has 3 aromatic rings. The molecule has 5 nitrogen and oxygen atoms in total. The van der Waals surface area contributed by atoms with Crippen molar-refractivity contribution in [2.75, 3.05) is 12.3 Å². The van der Waals surface area contributed by atoms with E-state index in [1.807, 2.05) is 47.0 Å². The van der Waals surface area contributed by atoms with Gasteiger partial charge in [-0.05, 0) is 31.0 Å². The number of thioether (sulfide) groups is 1. The molecule has 0 aliphatic carbocycles. The van der Waals surface area contributed by atoms with E-state index in [1.165, 1.54) is 11.8 Å². The molecule has 0 aliphatic rings. The monoisotopic (exact) mass is 380 g/mol. The molecule has 0 bridgehead atoms. The molecule has 1 N–H and O–H groups in total. The minimum atomic E-state index is 0.0218. The number of hydrogen-bond donors (Lipinski definition) is 1. The van der Waals surface area contributed by atoms with E-state index in [0.29, 0.717) is 10.9 Å². The highest BCUT2D eigenvalue weighted by Gasteiger charge is 2.17. The van der Waals surface area contributed by atoms with Gasteiger partial charge in [-0.1, -0.05) is 67.6 Å². The fourth-order valence-corrected chi connectivity index (χ4v) is 3.50. The summed E-state index contributed by atoms with van der Waals surface area (Å²) < 4.78 is 2.02. The van der Waals surface area contributed by atoms with E-state index >= 15 is 0 Å². The Hall–Kier alpha value is -2.60. The second-order valence-corrected chi connectivity index (χ2v) is 7.28. The minimum Gasteiger partial charge on any atom is -0.355 e. The number of amides is 1. The molecule has 0 aliphatic heterocycles. The maximum absolute atomic E-state index is 12.1. The van der Waals surface area contributed by atoms with Crippen molar-refractivity contribution in [2.24, 2.45) is 0 Å². The lowest BCUT2D eigenvalue weighted by Gasteiger charge is -2.11. The second-order valence-electron chi connectivity index (χ2n) is 6.34. The molecule has 1 heterocycles. The summed E-state index contributed by atoms with van der Waals surface area (Å²) in [6.07, 6.45) is 2.06. The van der Waals surface area contributed by atoms with Crippen LogP contribution >= 0.6 is 11.8 Å². The number of rotatable bonds is 8. The maximum atomic E-state index is 12.1. The zero-order valence-electron chi connectivity index (χ0n) is 15.7. The van der Waals surface area contributed by atoms with Crippen LogP contribution in [0.2, 0.25) is 0 Å². The number of aryl methyl sites for hydroxylation is 1. The summed E-state index contributed by atoms with van der Waals surface area (Å²) in [6.45, 7) is 4.89. The van der Waals surface area contributed by atoms with Crippen molar-refractivity contribution >= 4 is 17.7 Å². The zero-order chi connectivity index (χ0) is 19.1. The van der Waals surface area contributed by atoms with Gasteiger partial charge in [0.15, 0.2) is 11.0 Å². The lowest BCUT2D eigenvalue weighted by molar-refractivity contribution is -0.118. The Labute approximate surface area is 164 Å². The van der Waals surface area contributed by atoms with E-state index in [9.17, 15) is 4.79 Å². The SMILES string of the molecule is CCCCNC(=O)CSc1nnc(-c2ccccc2)n1-c1cccc(C)c1. The number of hydrogen-bond acceptors (Lipinski definition) is 4. The second kappa shape index (κ2) is 9.37. The van der Waals surface area contributed by atoms with Crippen LogP contribution in [0.3, 0.4) is 0 Å². The summed E-state index contributed by atoms with van der Waals surface area (Å²) in [4.78, 5) is 12.1. The third-order valence-corrected chi connectivity index (χ3v) is 5.04. The third-order valence-electron chi connectivity index (χ3n) is 4.11. The maximum Gasteiger partial charge on any atom is 0.230 e. The van der Waals surface area contributed by atoms with Gasteiger partial charge in [0.05, 0.1) is 5.75 Å². The van der Waals surface area contributed by atoms with E-state index in [0.717, 1.165) is 42.0 Å². The summed E-state index contributed by atoms with van der Waals surface area (Å²) in [5.41, 5.74) is 3.15. The largest absolute Gasteiger partial charge is 0.355 e. The van der Waals surface area contributed by atoms with Crippen molar-refractivity contribution in [2.45, 2.75) is 31.8 Å². The van der Waals surface area contributed by atoms with Crippen LogP contribution in [0.1, 0.15) is 25.3 Å². The van der Waals surface area contributed by atoms with Gasteiger partial charge in [-0.25, -0.2) is 0 Å². The quantitative estimate of drug-likeness (QED) is 0.469. The van der Waals surface area contributed by atoms with Gasteiger partial charge in [-0.15, -0.1) is 10.2 Å². The predicted molar refractivity (Wildman–Crippen MR) is 110 cm³/mol. The summed E-state index contributed by atoms with van der Waals surface area (Å²) in [5, 5.41) is 12.4. The zero-order valence-corrected chi connectivity index (χ0v) is 16.5. The van der Waals surface area contributed by atoms with Gasteiger partial charge in [-0.2, -0.15) is 0 Å². The molecule has 1 amide bonds. The molecule has 1 aromatic heterocycles. The van der Waals surface area contributed by atoms with Crippen LogP contribution < -0.4 is 5.32 Å². The van der Waals surface area contributed by atoms with Gasteiger partial charge in [0, 0.05) is 17.8 Å². The molecule has 3 rings (SSSR count). The van der Waals surface area contributed by atoms with Crippen molar-refractivity contribution < 1.29 is 4.79 Å².